The minimum absolute atomic E-state index is 0.0577. The maximum Gasteiger partial charge on any atom is 0.115 e. The Kier molecular flexibility index (Phi) is 3.72. The highest BCUT2D eigenvalue weighted by molar-refractivity contribution is 5.28. The van der Waals surface area contributed by atoms with Crippen LogP contribution in [-0.4, -0.2) is 21.9 Å². The number of hydrogen-bond donors (Lipinski definition) is 3. The van der Waals surface area contributed by atoms with Crippen molar-refractivity contribution in [3.05, 3.63) is 29.8 Å². The Hall–Kier alpha value is -1.06. The lowest BCUT2D eigenvalue weighted by Gasteiger charge is -2.30. The molecule has 0 amide bonds. The maximum absolute atomic E-state index is 10.1. The molecule has 0 aromatic heterocycles. The van der Waals surface area contributed by atoms with E-state index in [-0.39, 0.29) is 17.8 Å². The van der Waals surface area contributed by atoms with Crippen LogP contribution >= 0.6 is 0 Å². The molecule has 0 bridgehead atoms. The normalized spacial score (nSPS) is 13.9. The van der Waals surface area contributed by atoms with E-state index in [1.807, 2.05) is 13.8 Å². The van der Waals surface area contributed by atoms with E-state index in [2.05, 4.69) is 0 Å². The first-order valence-electron chi connectivity index (χ1n) is 5.05. The second kappa shape index (κ2) is 4.64. The quantitative estimate of drug-likeness (QED) is 0.710. The molecule has 3 N–H and O–H groups in total. The Morgan fingerprint density at radius 1 is 1.20 bits per heavy atom. The summed E-state index contributed by atoms with van der Waals surface area (Å²) < 4.78 is 0. The highest BCUT2D eigenvalue weighted by atomic mass is 16.3. The molecule has 1 atom stereocenters. The van der Waals surface area contributed by atoms with E-state index in [1.165, 1.54) is 0 Å². The van der Waals surface area contributed by atoms with E-state index in [9.17, 15) is 5.11 Å². The van der Waals surface area contributed by atoms with Gasteiger partial charge in [0, 0.05) is 6.61 Å². The summed E-state index contributed by atoms with van der Waals surface area (Å²) >= 11 is 0. The average molecular weight is 210 g/mol. The van der Waals surface area contributed by atoms with E-state index in [1.54, 1.807) is 24.3 Å². The molecule has 0 saturated heterocycles. The van der Waals surface area contributed by atoms with Crippen molar-refractivity contribution in [2.24, 2.45) is 5.41 Å². The Labute approximate surface area is 90.0 Å². The molecule has 1 rings (SSSR count). The van der Waals surface area contributed by atoms with E-state index in [0.717, 1.165) is 5.56 Å². The first-order chi connectivity index (χ1) is 6.97. The third kappa shape index (κ3) is 2.94. The molecule has 3 heteroatoms. The van der Waals surface area contributed by atoms with E-state index in [4.69, 9.17) is 10.2 Å². The zero-order chi connectivity index (χ0) is 11.5. The molecule has 0 fully saturated rings. The highest BCUT2D eigenvalue weighted by Crippen LogP contribution is 2.36. The van der Waals surface area contributed by atoms with E-state index in [0.29, 0.717) is 6.42 Å². The van der Waals surface area contributed by atoms with Gasteiger partial charge in [0.2, 0.25) is 0 Å². The van der Waals surface area contributed by atoms with E-state index >= 15 is 0 Å². The molecule has 84 valence electrons. The molecule has 0 aliphatic heterocycles. The van der Waals surface area contributed by atoms with Crippen molar-refractivity contribution in [1.82, 2.24) is 0 Å². The second-order valence-corrected chi connectivity index (χ2v) is 4.46. The highest BCUT2D eigenvalue weighted by Gasteiger charge is 2.28. The molecule has 3 nitrogen and oxygen atoms in total. The van der Waals surface area contributed by atoms with Crippen LogP contribution in [0.25, 0.3) is 0 Å². The summed E-state index contributed by atoms with van der Waals surface area (Å²) in [6, 6.07) is 6.49. The summed E-state index contributed by atoms with van der Waals surface area (Å²) in [5.74, 6) is 0.186. The van der Waals surface area contributed by atoms with Gasteiger partial charge in [-0.05, 0) is 29.5 Å². The first-order valence-corrected chi connectivity index (χ1v) is 5.05. The van der Waals surface area contributed by atoms with Gasteiger partial charge in [0.15, 0.2) is 0 Å². The number of phenolic OH excluding ortho intramolecular Hbond substituents is 1. The number of phenols is 1. The van der Waals surface area contributed by atoms with Gasteiger partial charge in [0.05, 0.1) is 6.10 Å². The topological polar surface area (TPSA) is 60.7 Å². The van der Waals surface area contributed by atoms with Gasteiger partial charge in [-0.2, -0.15) is 0 Å². The van der Waals surface area contributed by atoms with Crippen molar-refractivity contribution in [1.29, 1.82) is 0 Å². The molecule has 1 aromatic rings. The molecule has 1 aromatic carbocycles. The standard InChI is InChI=1S/C12H18O3/c1-12(2,7-8-13)11(15)9-3-5-10(14)6-4-9/h3-6,11,13-15H,7-8H2,1-2H3/t11-/m0/s1. The number of aliphatic hydroxyl groups is 2. The molecular formula is C12H18O3. The molecule has 0 aliphatic rings. The number of benzene rings is 1. The van der Waals surface area contributed by atoms with Gasteiger partial charge in [-0.1, -0.05) is 26.0 Å². The fraction of sp³-hybridized carbons (Fsp3) is 0.500. The first kappa shape index (κ1) is 12.0. The fourth-order valence-corrected chi connectivity index (χ4v) is 1.53. The molecule has 0 unspecified atom stereocenters. The third-order valence-electron chi connectivity index (χ3n) is 2.71. The number of aliphatic hydroxyl groups excluding tert-OH is 2. The zero-order valence-electron chi connectivity index (χ0n) is 9.14. The number of hydrogen-bond acceptors (Lipinski definition) is 3. The minimum Gasteiger partial charge on any atom is -0.508 e. The van der Waals surface area contributed by atoms with Crippen molar-refractivity contribution in [2.75, 3.05) is 6.61 Å². The van der Waals surface area contributed by atoms with Crippen molar-refractivity contribution >= 4 is 0 Å². The van der Waals surface area contributed by atoms with Crippen LogP contribution < -0.4 is 0 Å². The monoisotopic (exact) mass is 210 g/mol. The number of rotatable bonds is 4. The lowest BCUT2D eigenvalue weighted by atomic mass is 9.80. The molecular weight excluding hydrogens is 192 g/mol. The molecule has 15 heavy (non-hydrogen) atoms. The summed E-state index contributed by atoms with van der Waals surface area (Å²) in [5.41, 5.74) is 0.386. The lowest BCUT2D eigenvalue weighted by Crippen LogP contribution is -2.23. The third-order valence-corrected chi connectivity index (χ3v) is 2.71. The van der Waals surface area contributed by atoms with Gasteiger partial charge in [-0.3, -0.25) is 0 Å². The average Bonchev–Trinajstić information content (AvgIpc) is 2.18. The van der Waals surface area contributed by atoms with Crippen LogP contribution in [0.1, 0.15) is 31.9 Å². The largest absolute Gasteiger partial charge is 0.508 e. The SMILES string of the molecule is CC(C)(CCO)[C@@H](O)c1ccc(O)cc1. The molecule has 0 aliphatic carbocycles. The van der Waals surface area contributed by atoms with Crippen LogP contribution in [0.3, 0.4) is 0 Å². The molecule has 0 radical (unpaired) electrons. The van der Waals surface area contributed by atoms with Gasteiger partial charge in [0.1, 0.15) is 5.75 Å². The maximum atomic E-state index is 10.1. The lowest BCUT2D eigenvalue weighted by molar-refractivity contribution is 0.0305. The van der Waals surface area contributed by atoms with Crippen LogP contribution in [0.4, 0.5) is 0 Å². The smallest absolute Gasteiger partial charge is 0.115 e. The molecule has 0 saturated carbocycles. The van der Waals surface area contributed by atoms with Gasteiger partial charge >= 0.3 is 0 Å². The van der Waals surface area contributed by atoms with Gasteiger partial charge < -0.3 is 15.3 Å². The summed E-state index contributed by atoms with van der Waals surface area (Å²) in [6.07, 6.45) is -0.0973. The van der Waals surface area contributed by atoms with Crippen molar-refractivity contribution in [3.63, 3.8) is 0 Å². The van der Waals surface area contributed by atoms with Crippen LogP contribution in [-0.2, 0) is 0 Å². The fourth-order valence-electron chi connectivity index (χ4n) is 1.53. The van der Waals surface area contributed by atoms with Crippen molar-refractivity contribution in [3.8, 4) is 5.75 Å². The summed E-state index contributed by atoms with van der Waals surface area (Å²) in [5, 5.41) is 28.1. The van der Waals surface area contributed by atoms with Crippen LogP contribution in [0.15, 0.2) is 24.3 Å². The Morgan fingerprint density at radius 3 is 2.20 bits per heavy atom. The number of aromatic hydroxyl groups is 1. The van der Waals surface area contributed by atoms with Crippen molar-refractivity contribution < 1.29 is 15.3 Å². The van der Waals surface area contributed by atoms with Gasteiger partial charge in [-0.25, -0.2) is 0 Å². The van der Waals surface area contributed by atoms with Gasteiger partial charge in [-0.15, -0.1) is 0 Å². The Morgan fingerprint density at radius 2 is 1.73 bits per heavy atom. The Balaban J connectivity index is 2.84. The van der Waals surface area contributed by atoms with Crippen LogP contribution in [0.2, 0.25) is 0 Å². The second-order valence-electron chi connectivity index (χ2n) is 4.46. The zero-order valence-corrected chi connectivity index (χ0v) is 9.14. The minimum atomic E-state index is -0.634. The molecule has 0 spiro atoms. The predicted molar refractivity (Wildman–Crippen MR) is 58.6 cm³/mol. The summed E-state index contributed by atoms with van der Waals surface area (Å²) in [4.78, 5) is 0. The molecule has 0 heterocycles. The van der Waals surface area contributed by atoms with E-state index < -0.39 is 6.10 Å². The van der Waals surface area contributed by atoms with Crippen LogP contribution in [0.5, 0.6) is 5.75 Å². The van der Waals surface area contributed by atoms with Crippen LogP contribution in [0, 0.1) is 5.41 Å². The predicted octanol–water partition coefficient (Wildman–Crippen LogP) is 1.83. The summed E-state index contributed by atoms with van der Waals surface area (Å²) in [7, 11) is 0. The van der Waals surface area contributed by atoms with Gasteiger partial charge in [0.25, 0.3) is 0 Å². The van der Waals surface area contributed by atoms with Crippen molar-refractivity contribution in [2.45, 2.75) is 26.4 Å². The summed E-state index contributed by atoms with van der Waals surface area (Å²) in [6.45, 7) is 3.86. The Bertz CT molecular complexity index is 303.